The van der Waals surface area contributed by atoms with Gasteiger partial charge in [0.2, 0.25) is 0 Å². The van der Waals surface area contributed by atoms with Crippen molar-refractivity contribution in [1.29, 1.82) is 0 Å². The maximum absolute atomic E-state index is 12.9. The summed E-state index contributed by atoms with van der Waals surface area (Å²) in [5, 5.41) is 4.21. The molecule has 4 rings (SSSR count). The Morgan fingerprint density at radius 1 is 0.920 bits per heavy atom. The first-order chi connectivity index (χ1) is 12.1. The molecule has 0 bridgehead atoms. The number of benzene rings is 3. The number of hydrogen-bond acceptors (Lipinski definition) is 4. The number of carbonyl (C=O) groups excluding carboxylic acids is 2. The number of para-hydroxylation sites is 1. The van der Waals surface area contributed by atoms with Crippen LogP contribution in [0.25, 0.3) is 10.8 Å². The molecule has 1 aliphatic heterocycles. The molecule has 0 radical (unpaired) electrons. The van der Waals surface area contributed by atoms with E-state index in [1.165, 1.54) is 4.90 Å². The number of aryl methyl sites for hydroxylation is 1. The molecule has 2 amide bonds. The summed E-state index contributed by atoms with van der Waals surface area (Å²) in [6.07, 6.45) is 0. The third-order valence-corrected chi connectivity index (χ3v) is 5.22. The van der Waals surface area contributed by atoms with Crippen LogP contribution in [0.2, 0.25) is 0 Å². The summed E-state index contributed by atoms with van der Waals surface area (Å²) in [5.41, 5.74) is 2.53. The predicted octanol–water partition coefficient (Wildman–Crippen LogP) is 4.79. The van der Waals surface area contributed by atoms with E-state index in [1.807, 2.05) is 73.7 Å². The Balaban J connectivity index is 1.69. The minimum Gasteiger partial charge on any atom is -0.365 e. The Morgan fingerprint density at radius 2 is 1.64 bits per heavy atom. The van der Waals surface area contributed by atoms with Gasteiger partial charge < -0.3 is 5.32 Å². The number of imide groups is 1. The second-order valence-corrected chi connectivity index (χ2v) is 6.95. The SMILES string of the molecule is Cc1ccccc1NC1SC(=O)N(c2cccc3ccccc23)C1=O. The molecule has 0 saturated carbocycles. The number of anilines is 2. The van der Waals surface area contributed by atoms with E-state index in [0.29, 0.717) is 5.69 Å². The molecule has 1 heterocycles. The van der Waals surface area contributed by atoms with Gasteiger partial charge in [0, 0.05) is 11.1 Å². The maximum Gasteiger partial charge on any atom is 0.295 e. The van der Waals surface area contributed by atoms with Crippen molar-refractivity contribution >= 4 is 45.1 Å². The van der Waals surface area contributed by atoms with E-state index in [2.05, 4.69) is 5.32 Å². The van der Waals surface area contributed by atoms with Gasteiger partial charge in [-0.25, -0.2) is 4.90 Å². The zero-order chi connectivity index (χ0) is 17.4. The molecular weight excluding hydrogens is 332 g/mol. The maximum atomic E-state index is 12.9. The molecule has 1 unspecified atom stereocenters. The van der Waals surface area contributed by atoms with Gasteiger partial charge in [0.1, 0.15) is 0 Å². The monoisotopic (exact) mass is 348 g/mol. The van der Waals surface area contributed by atoms with Crippen molar-refractivity contribution in [3.8, 4) is 0 Å². The van der Waals surface area contributed by atoms with Crippen molar-refractivity contribution in [2.75, 3.05) is 10.2 Å². The van der Waals surface area contributed by atoms with Crippen LogP contribution in [0.1, 0.15) is 5.56 Å². The summed E-state index contributed by atoms with van der Waals surface area (Å²) < 4.78 is 0. The van der Waals surface area contributed by atoms with Crippen LogP contribution in [0.3, 0.4) is 0 Å². The Hall–Kier alpha value is -2.79. The van der Waals surface area contributed by atoms with Crippen LogP contribution in [-0.4, -0.2) is 16.5 Å². The van der Waals surface area contributed by atoms with Gasteiger partial charge in [-0.1, -0.05) is 54.6 Å². The van der Waals surface area contributed by atoms with Gasteiger partial charge in [-0.2, -0.15) is 0 Å². The fourth-order valence-electron chi connectivity index (χ4n) is 3.00. The van der Waals surface area contributed by atoms with E-state index in [-0.39, 0.29) is 11.1 Å². The van der Waals surface area contributed by atoms with Crippen molar-refractivity contribution in [1.82, 2.24) is 0 Å². The summed E-state index contributed by atoms with van der Waals surface area (Å²) in [7, 11) is 0. The third-order valence-electron chi connectivity index (χ3n) is 4.29. The first kappa shape index (κ1) is 15.7. The van der Waals surface area contributed by atoms with Gasteiger partial charge in [0.25, 0.3) is 11.1 Å². The molecule has 0 spiro atoms. The normalized spacial score (nSPS) is 17.3. The Kier molecular flexibility index (Phi) is 3.93. The van der Waals surface area contributed by atoms with E-state index in [9.17, 15) is 9.59 Å². The van der Waals surface area contributed by atoms with Crippen LogP contribution in [0.4, 0.5) is 16.2 Å². The Labute approximate surface area is 149 Å². The van der Waals surface area contributed by atoms with E-state index < -0.39 is 5.37 Å². The lowest BCUT2D eigenvalue weighted by atomic mass is 10.1. The molecule has 5 heteroatoms. The van der Waals surface area contributed by atoms with Gasteiger partial charge in [0.05, 0.1) is 5.69 Å². The average Bonchev–Trinajstić information content (AvgIpc) is 2.90. The largest absolute Gasteiger partial charge is 0.365 e. The Morgan fingerprint density at radius 3 is 2.48 bits per heavy atom. The summed E-state index contributed by atoms with van der Waals surface area (Å²) in [4.78, 5) is 26.7. The fourth-order valence-corrected chi connectivity index (χ4v) is 3.89. The van der Waals surface area contributed by atoms with Gasteiger partial charge in [-0.3, -0.25) is 9.59 Å². The topological polar surface area (TPSA) is 49.4 Å². The highest BCUT2D eigenvalue weighted by Gasteiger charge is 2.41. The average molecular weight is 348 g/mol. The van der Waals surface area contributed by atoms with Gasteiger partial charge in [-0.05, 0) is 41.8 Å². The molecule has 25 heavy (non-hydrogen) atoms. The highest BCUT2D eigenvalue weighted by Crippen LogP contribution is 2.36. The molecule has 1 N–H and O–H groups in total. The smallest absolute Gasteiger partial charge is 0.295 e. The number of fused-ring (bicyclic) bond motifs is 1. The van der Waals surface area contributed by atoms with Crippen molar-refractivity contribution in [2.45, 2.75) is 12.3 Å². The Bertz CT molecular complexity index is 981. The quantitative estimate of drug-likeness (QED) is 0.739. The number of nitrogens with one attached hydrogen (secondary N) is 1. The molecular formula is C20H16N2O2S. The summed E-state index contributed by atoms with van der Waals surface area (Å²) in [5.74, 6) is -0.241. The molecule has 3 aromatic rings. The van der Waals surface area contributed by atoms with Gasteiger partial charge in [-0.15, -0.1) is 0 Å². The second kappa shape index (κ2) is 6.26. The number of carbonyl (C=O) groups is 2. The zero-order valence-electron chi connectivity index (χ0n) is 13.6. The summed E-state index contributed by atoms with van der Waals surface area (Å²) in [6.45, 7) is 1.97. The highest BCUT2D eigenvalue weighted by atomic mass is 32.2. The molecule has 1 atom stereocenters. The molecule has 3 aromatic carbocycles. The minimum atomic E-state index is -0.618. The van der Waals surface area contributed by atoms with Crippen LogP contribution in [0.5, 0.6) is 0 Å². The fraction of sp³-hybridized carbons (Fsp3) is 0.100. The highest BCUT2D eigenvalue weighted by molar-refractivity contribution is 8.16. The lowest BCUT2D eigenvalue weighted by Crippen LogP contribution is -2.34. The standard InChI is InChI=1S/C20H16N2O2S/c1-13-7-2-5-11-16(13)21-18-19(23)22(20(24)25-18)17-12-6-9-14-8-3-4-10-15(14)17/h2-12,18,21H,1H3. The lowest BCUT2D eigenvalue weighted by Gasteiger charge is -2.17. The number of rotatable bonds is 3. The van der Waals surface area contributed by atoms with Crippen LogP contribution >= 0.6 is 11.8 Å². The minimum absolute atomic E-state index is 0.241. The van der Waals surface area contributed by atoms with E-state index in [0.717, 1.165) is 33.8 Å². The van der Waals surface area contributed by atoms with E-state index >= 15 is 0 Å². The molecule has 0 aromatic heterocycles. The first-order valence-corrected chi connectivity index (χ1v) is 8.87. The van der Waals surface area contributed by atoms with Crippen molar-refractivity contribution < 1.29 is 9.59 Å². The number of thioether (sulfide) groups is 1. The molecule has 1 aliphatic rings. The third kappa shape index (κ3) is 2.76. The first-order valence-electron chi connectivity index (χ1n) is 7.99. The van der Waals surface area contributed by atoms with Gasteiger partial charge in [0.15, 0.2) is 5.37 Å². The lowest BCUT2D eigenvalue weighted by molar-refractivity contribution is -0.116. The summed E-state index contributed by atoms with van der Waals surface area (Å²) >= 11 is 1.02. The van der Waals surface area contributed by atoms with Crippen LogP contribution in [0, 0.1) is 6.92 Å². The van der Waals surface area contributed by atoms with Crippen LogP contribution < -0.4 is 10.2 Å². The molecule has 0 aliphatic carbocycles. The molecule has 124 valence electrons. The zero-order valence-corrected chi connectivity index (χ0v) is 14.4. The van der Waals surface area contributed by atoms with E-state index in [4.69, 9.17) is 0 Å². The number of nitrogens with zero attached hydrogens (tertiary/aromatic N) is 1. The van der Waals surface area contributed by atoms with Crippen molar-refractivity contribution in [3.05, 3.63) is 72.3 Å². The predicted molar refractivity (Wildman–Crippen MR) is 103 cm³/mol. The van der Waals surface area contributed by atoms with E-state index in [1.54, 1.807) is 0 Å². The summed E-state index contributed by atoms with van der Waals surface area (Å²) in [6, 6.07) is 21.1. The van der Waals surface area contributed by atoms with Crippen LogP contribution in [0.15, 0.2) is 66.7 Å². The van der Waals surface area contributed by atoms with Crippen molar-refractivity contribution in [2.24, 2.45) is 0 Å². The second-order valence-electron chi connectivity index (χ2n) is 5.89. The number of amides is 2. The molecule has 1 fully saturated rings. The van der Waals surface area contributed by atoms with Gasteiger partial charge >= 0.3 is 0 Å². The molecule has 1 saturated heterocycles. The van der Waals surface area contributed by atoms with Crippen molar-refractivity contribution in [3.63, 3.8) is 0 Å². The number of hydrogen-bond donors (Lipinski definition) is 1. The molecule has 4 nitrogen and oxygen atoms in total. The van der Waals surface area contributed by atoms with Crippen LogP contribution in [-0.2, 0) is 4.79 Å².